The molecule has 0 atom stereocenters. The zero-order valence-electron chi connectivity index (χ0n) is 13.4. The molecule has 0 aliphatic carbocycles. The van der Waals surface area contributed by atoms with Crippen LogP contribution in [-0.4, -0.2) is 51.7 Å². The number of furan rings is 1. The Morgan fingerprint density at radius 2 is 2.00 bits per heavy atom. The number of aromatic nitrogens is 2. The monoisotopic (exact) mass is 420 g/mol. The molecule has 0 N–H and O–H groups in total. The summed E-state index contributed by atoms with van der Waals surface area (Å²) in [6.45, 7) is 2.74. The average molecular weight is 421 g/mol. The van der Waals surface area contributed by atoms with E-state index in [0.29, 0.717) is 32.7 Å². The van der Waals surface area contributed by atoms with Crippen LogP contribution in [0.2, 0.25) is 0 Å². The molecular weight excluding hydrogens is 405 g/mol. The summed E-state index contributed by atoms with van der Waals surface area (Å²) in [5.41, 5.74) is -1.18. The predicted octanol–water partition coefficient (Wildman–Crippen LogP) is 2.75. The van der Waals surface area contributed by atoms with Crippen molar-refractivity contribution in [1.29, 1.82) is 0 Å². The molecule has 2 aromatic rings. The van der Waals surface area contributed by atoms with Gasteiger partial charge in [-0.25, -0.2) is 0 Å². The zero-order valence-corrected chi connectivity index (χ0v) is 15.0. The van der Waals surface area contributed by atoms with E-state index in [9.17, 15) is 18.0 Å². The number of hydrogen-bond acceptors (Lipinski definition) is 4. The summed E-state index contributed by atoms with van der Waals surface area (Å²) in [4.78, 5) is 16.3. The zero-order chi connectivity index (χ0) is 18.2. The van der Waals surface area contributed by atoms with Crippen LogP contribution in [0.3, 0.4) is 0 Å². The summed E-state index contributed by atoms with van der Waals surface area (Å²) in [6, 6.07) is 3.69. The normalized spacial score (nSPS) is 16.4. The summed E-state index contributed by atoms with van der Waals surface area (Å²) in [7, 11) is 1.33. The Morgan fingerprint density at radius 3 is 2.52 bits per heavy atom. The number of amides is 1. The smallest absolute Gasteiger partial charge is 0.436 e. The SMILES string of the molecule is Cn1nc(C(F)(F)F)c(Br)c1C(=O)N1CCN(Cc2ccco2)CC1. The number of alkyl halides is 3. The minimum absolute atomic E-state index is 0.0909. The molecule has 0 bridgehead atoms. The Bertz CT molecular complexity index is 750. The topological polar surface area (TPSA) is 54.5 Å². The van der Waals surface area contributed by atoms with E-state index in [1.54, 1.807) is 11.2 Å². The summed E-state index contributed by atoms with van der Waals surface area (Å²) < 4.78 is 44.8. The highest BCUT2D eigenvalue weighted by Crippen LogP contribution is 2.36. The van der Waals surface area contributed by atoms with Gasteiger partial charge < -0.3 is 9.32 Å². The quantitative estimate of drug-likeness (QED) is 0.765. The summed E-state index contributed by atoms with van der Waals surface area (Å²) in [6.07, 6.45) is -3.01. The number of carbonyl (C=O) groups is 1. The molecule has 10 heteroatoms. The van der Waals surface area contributed by atoms with Gasteiger partial charge in [-0.1, -0.05) is 0 Å². The van der Waals surface area contributed by atoms with Gasteiger partial charge in [-0.3, -0.25) is 14.4 Å². The van der Waals surface area contributed by atoms with Gasteiger partial charge in [0.05, 0.1) is 17.3 Å². The Kier molecular flexibility index (Phi) is 4.92. The van der Waals surface area contributed by atoms with Crippen LogP contribution < -0.4 is 0 Å². The number of carbonyl (C=O) groups excluding carboxylic acids is 1. The fourth-order valence-corrected chi connectivity index (χ4v) is 3.52. The van der Waals surface area contributed by atoms with Crippen molar-refractivity contribution < 1.29 is 22.4 Å². The van der Waals surface area contributed by atoms with Gasteiger partial charge in [0.25, 0.3) is 5.91 Å². The second kappa shape index (κ2) is 6.83. The summed E-state index contributed by atoms with van der Waals surface area (Å²) >= 11 is 2.88. The number of rotatable bonds is 3. The molecule has 3 heterocycles. The predicted molar refractivity (Wildman–Crippen MR) is 85.8 cm³/mol. The highest BCUT2D eigenvalue weighted by molar-refractivity contribution is 9.10. The van der Waals surface area contributed by atoms with Crippen molar-refractivity contribution in [3.8, 4) is 0 Å². The molecule has 1 saturated heterocycles. The van der Waals surface area contributed by atoms with Gasteiger partial charge in [0.1, 0.15) is 11.5 Å². The molecule has 0 spiro atoms. The number of halogens is 4. The average Bonchev–Trinajstić information content (AvgIpc) is 3.15. The molecule has 25 heavy (non-hydrogen) atoms. The first-order valence-corrected chi connectivity index (χ1v) is 8.40. The molecule has 1 aliphatic heterocycles. The van der Waals surface area contributed by atoms with Crippen molar-refractivity contribution in [2.45, 2.75) is 12.7 Å². The highest BCUT2D eigenvalue weighted by atomic mass is 79.9. The molecule has 0 unspecified atom stereocenters. The van der Waals surface area contributed by atoms with Crippen molar-refractivity contribution >= 4 is 21.8 Å². The Morgan fingerprint density at radius 1 is 1.32 bits per heavy atom. The standard InChI is InChI=1S/C15H16BrF3N4O2/c1-21-12(11(16)13(20-21)15(17,18)19)14(24)23-6-4-22(5-7-23)9-10-3-2-8-25-10/h2-3,8H,4-7,9H2,1H3. The van der Waals surface area contributed by atoms with Crippen LogP contribution in [0.5, 0.6) is 0 Å². The second-order valence-corrected chi connectivity index (χ2v) is 6.57. The van der Waals surface area contributed by atoms with Crippen LogP contribution in [0.25, 0.3) is 0 Å². The molecule has 136 valence electrons. The van der Waals surface area contributed by atoms with Crippen molar-refractivity contribution in [2.75, 3.05) is 26.2 Å². The van der Waals surface area contributed by atoms with Gasteiger partial charge in [0, 0.05) is 33.2 Å². The largest absolute Gasteiger partial charge is 0.468 e. The third-order valence-electron chi connectivity index (χ3n) is 4.08. The number of nitrogens with zero attached hydrogens (tertiary/aromatic N) is 4. The van der Waals surface area contributed by atoms with Crippen LogP contribution in [0, 0.1) is 0 Å². The van der Waals surface area contributed by atoms with Gasteiger partial charge in [-0.05, 0) is 28.1 Å². The van der Waals surface area contributed by atoms with E-state index in [0.717, 1.165) is 10.4 Å². The molecule has 3 rings (SSSR count). The Labute approximate surface area is 150 Å². The first kappa shape index (κ1) is 18.0. The Hall–Kier alpha value is -1.81. The molecule has 1 fully saturated rings. The van der Waals surface area contributed by atoms with Crippen LogP contribution in [0.15, 0.2) is 27.3 Å². The van der Waals surface area contributed by atoms with Gasteiger partial charge in [0.2, 0.25) is 0 Å². The lowest BCUT2D eigenvalue weighted by Gasteiger charge is -2.34. The van der Waals surface area contributed by atoms with E-state index >= 15 is 0 Å². The molecule has 6 nitrogen and oxygen atoms in total. The lowest BCUT2D eigenvalue weighted by atomic mass is 10.2. The van der Waals surface area contributed by atoms with Crippen molar-refractivity contribution in [2.24, 2.45) is 7.05 Å². The van der Waals surface area contributed by atoms with Gasteiger partial charge in [0.15, 0.2) is 5.69 Å². The molecule has 0 saturated carbocycles. The first-order valence-electron chi connectivity index (χ1n) is 7.61. The van der Waals surface area contributed by atoms with E-state index in [4.69, 9.17) is 4.42 Å². The first-order chi connectivity index (χ1) is 11.8. The molecule has 1 amide bonds. The van der Waals surface area contributed by atoms with Gasteiger partial charge >= 0.3 is 6.18 Å². The van der Waals surface area contributed by atoms with Gasteiger partial charge in [-0.15, -0.1) is 0 Å². The van der Waals surface area contributed by atoms with E-state index in [-0.39, 0.29) is 10.2 Å². The minimum atomic E-state index is -4.61. The molecular formula is C15H16BrF3N4O2. The van der Waals surface area contributed by atoms with E-state index < -0.39 is 17.8 Å². The van der Waals surface area contributed by atoms with Crippen molar-refractivity contribution in [3.05, 3.63) is 40.0 Å². The number of aryl methyl sites for hydroxylation is 1. The minimum Gasteiger partial charge on any atom is -0.468 e. The molecule has 2 aromatic heterocycles. The van der Waals surface area contributed by atoms with Crippen LogP contribution in [-0.2, 0) is 19.8 Å². The number of hydrogen-bond donors (Lipinski definition) is 0. The molecule has 1 aliphatic rings. The lowest BCUT2D eigenvalue weighted by molar-refractivity contribution is -0.142. The fraction of sp³-hybridized carbons (Fsp3) is 0.467. The molecule has 0 radical (unpaired) electrons. The third kappa shape index (κ3) is 3.74. The number of piperazine rings is 1. The van der Waals surface area contributed by atoms with Crippen LogP contribution >= 0.6 is 15.9 Å². The van der Waals surface area contributed by atoms with Gasteiger partial charge in [-0.2, -0.15) is 18.3 Å². The van der Waals surface area contributed by atoms with E-state index in [1.165, 1.54) is 7.05 Å². The van der Waals surface area contributed by atoms with Crippen molar-refractivity contribution in [3.63, 3.8) is 0 Å². The van der Waals surface area contributed by atoms with E-state index in [2.05, 4.69) is 25.9 Å². The summed E-state index contributed by atoms with van der Waals surface area (Å²) in [5, 5.41) is 3.44. The molecule has 0 aromatic carbocycles. The maximum atomic E-state index is 12.9. The maximum Gasteiger partial charge on any atom is 0.436 e. The van der Waals surface area contributed by atoms with Crippen LogP contribution in [0.1, 0.15) is 21.9 Å². The lowest BCUT2D eigenvalue weighted by Crippen LogP contribution is -2.48. The summed E-state index contributed by atoms with van der Waals surface area (Å²) in [5.74, 6) is 0.374. The maximum absolute atomic E-state index is 12.9. The van der Waals surface area contributed by atoms with E-state index in [1.807, 2.05) is 12.1 Å². The highest BCUT2D eigenvalue weighted by Gasteiger charge is 2.40. The third-order valence-corrected chi connectivity index (χ3v) is 4.83. The van der Waals surface area contributed by atoms with Crippen LogP contribution in [0.4, 0.5) is 13.2 Å². The second-order valence-electron chi connectivity index (χ2n) is 5.78. The van der Waals surface area contributed by atoms with Crippen molar-refractivity contribution in [1.82, 2.24) is 19.6 Å². The fourth-order valence-electron chi connectivity index (χ4n) is 2.79. The Balaban J connectivity index is 1.68.